The van der Waals surface area contributed by atoms with E-state index in [4.69, 9.17) is 0 Å². The van der Waals surface area contributed by atoms with Gasteiger partial charge < -0.3 is 4.90 Å². The van der Waals surface area contributed by atoms with Crippen LogP contribution in [0.1, 0.15) is 25.9 Å². The van der Waals surface area contributed by atoms with E-state index in [9.17, 15) is 4.79 Å². The highest BCUT2D eigenvalue weighted by Gasteiger charge is 2.12. The fraction of sp³-hybridized carbons (Fsp3) is 0.267. The number of carbonyl (C=O) groups excluding carboxylic acids is 1. The minimum Gasteiger partial charge on any atom is -0.378 e. The van der Waals surface area contributed by atoms with Gasteiger partial charge in [0.1, 0.15) is 4.88 Å². The number of thiazole rings is 1. The molecule has 1 heterocycles. The van der Waals surface area contributed by atoms with Gasteiger partial charge in [-0.25, -0.2) is 10.4 Å². The van der Waals surface area contributed by atoms with E-state index in [1.165, 1.54) is 11.3 Å². The quantitative estimate of drug-likeness (QED) is 0.697. The van der Waals surface area contributed by atoms with Gasteiger partial charge in [0.15, 0.2) is 0 Å². The van der Waals surface area contributed by atoms with E-state index in [0.717, 1.165) is 22.0 Å². The number of rotatable bonds is 4. The summed E-state index contributed by atoms with van der Waals surface area (Å²) in [6.45, 7) is 3.70. The number of nitrogens with zero attached hydrogens (tertiary/aromatic N) is 3. The zero-order chi connectivity index (χ0) is 15.4. The van der Waals surface area contributed by atoms with Gasteiger partial charge in [-0.15, -0.1) is 11.3 Å². The van der Waals surface area contributed by atoms with Crippen molar-refractivity contribution in [1.29, 1.82) is 0 Å². The van der Waals surface area contributed by atoms with Gasteiger partial charge in [-0.3, -0.25) is 4.79 Å². The Morgan fingerprint density at radius 2 is 1.95 bits per heavy atom. The highest BCUT2D eigenvalue weighted by atomic mass is 32.1. The van der Waals surface area contributed by atoms with Gasteiger partial charge in [-0.1, -0.05) is 12.1 Å². The van der Waals surface area contributed by atoms with Gasteiger partial charge in [0.2, 0.25) is 0 Å². The first-order valence-electron chi connectivity index (χ1n) is 6.52. The highest BCUT2D eigenvalue weighted by Crippen LogP contribution is 2.16. The topological polar surface area (TPSA) is 57.6 Å². The average Bonchev–Trinajstić information content (AvgIpc) is 2.78. The third-order valence-electron chi connectivity index (χ3n) is 2.90. The van der Waals surface area contributed by atoms with Gasteiger partial charge >= 0.3 is 0 Å². The Balaban J connectivity index is 1.99. The minimum absolute atomic E-state index is 0.223. The van der Waals surface area contributed by atoms with E-state index in [-0.39, 0.29) is 5.91 Å². The Hall–Kier alpha value is -2.21. The monoisotopic (exact) mass is 302 g/mol. The van der Waals surface area contributed by atoms with E-state index in [1.807, 2.05) is 57.1 Å². The number of amides is 1. The fourth-order valence-electron chi connectivity index (χ4n) is 1.82. The van der Waals surface area contributed by atoms with Gasteiger partial charge in [-0.2, -0.15) is 5.10 Å². The summed E-state index contributed by atoms with van der Waals surface area (Å²) in [6, 6.07) is 7.90. The van der Waals surface area contributed by atoms with Crippen LogP contribution in [-0.4, -0.2) is 31.2 Å². The lowest BCUT2D eigenvalue weighted by Gasteiger charge is -2.11. The summed E-state index contributed by atoms with van der Waals surface area (Å²) >= 11 is 1.37. The Morgan fingerprint density at radius 1 is 1.29 bits per heavy atom. The predicted octanol–water partition coefficient (Wildman–Crippen LogP) is 2.59. The van der Waals surface area contributed by atoms with Gasteiger partial charge in [0.05, 0.1) is 16.9 Å². The number of aryl methyl sites for hydroxylation is 2. The zero-order valence-electron chi connectivity index (χ0n) is 12.5. The van der Waals surface area contributed by atoms with E-state index in [1.54, 1.807) is 6.21 Å². The molecule has 0 spiro atoms. The molecule has 1 aromatic heterocycles. The molecule has 6 heteroatoms. The number of carbonyl (C=O) groups is 1. The molecule has 0 saturated heterocycles. The predicted molar refractivity (Wildman–Crippen MR) is 87.4 cm³/mol. The second-order valence-electron chi connectivity index (χ2n) is 4.83. The molecule has 1 N–H and O–H groups in total. The Kier molecular flexibility index (Phi) is 4.70. The van der Waals surface area contributed by atoms with Crippen LogP contribution < -0.4 is 10.3 Å². The molecule has 0 unspecified atom stereocenters. The van der Waals surface area contributed by atoms with Gasteiger partial charge in [0.25, 0.3) is 5.91 Å². The summed E-state index contributed by atoms with van der Waals surface area (Å²) in [4.78, 5) is 18.8. The van der Waals surface area contributed by atoms with Gasteiger partial charge in [0, 0.05) is 19.8 Å². The molecule has 0 radical (unpaired) electrons. The first-order valence-corrected chi connectivity index (χ1v) is 7.34. The van der Waals surface area contributed by atoms with E-state index < -0.39 is 0 Å². The molecule has 2 rings (SSSR count). The largest absolute Gasteiger partial charge is 0.378 e. The number of anilines is 1. The van der Waals surface area contributed by atoms with Crippen LogP contribution in [0.3, 0.4) is 0 Å². The maximum absolute atomic E-state index is 12.0. The Labute approximate surface area is 128 Å². The lowest BCUT2D eigenvalue weighted by atomic mass is 10.2. The molecule has 0 aliphatic rings. The van der Waals surface area contributed by atoms with Crippen LogP contribution >= 0.6 is 11.3 Å². The number of hydrogen-bond donors (Lipinski definition) is 1. The zero-order valence-corrected chi connectivity index (χ0v) is 13.4. The molecule has 0 bridgehead atoms. The van der Waals surface area contributed by atoms with Gasteiger partial charge in [-0.05, 0) is 31.5 Å². The summed E-state index contributed by atoms with van der Waals surface area (Å²) in [6.07, 6.45) is 1.63. The summed E-state index contributed by atoms with van der Waals surface area (Å²) in [5.74, 6) is -0.223. The second kappa shape index (κ2) is 6.49. The smallest absolute Gasteiger partial charge is 0.283 e. The molecule has 2 aromatic rings. The van der Waals surface area contributed by atoms with E-state index in [2.05, 4.69) is 15.5 Å². The molecule has 0 atom stereocenters. The van der Waals surface area contributed by atoms with Crippen LogP contribution in [0.4, 0.5) is 5.69 Å². The minimum atomic E-state index is -0.223. The molecule has 1 aromatic carbocycles. The molecule has 21 heavy (non-hydrogen) atoms. The molecular weight excluding hydrogens is 284 g/mol. The van der Waals surface area contributed by atoms with Crippen molar-refractivity contribution < 1.29 is 4.79 Å². The molecular formula is C15H18N4OS. The first kappa shape index (κ1) is 15.2. The van der Waals surface area contributed by atoms with Crippen molar-refractivity contribution in [2.24, 2.45) is 5.10 Å². The van der Waals surface area contributed by atoms with Crippen LogP contribution in [0.25, 0.3) is 0 Å². The van der Waals surface area contributed by atoms with Crippen molar-refractivity contribution in [1.82, 2.24) is 10.4 Å². The SMILES string of the molecule is Cc1nc(C)c(C(=O)NN=Cc2ccc(N(C)C)cc2)s1. The standard InChI is InChI=1S/C15H18N4OS/c1-10-14(21-11(2)17-10)15(20)18-16-9-12-5-7-13(8-6-12)19(3)4/h5-9H,1-4H3,(H,18,20). The highest BCUT2D eigenvalue weighted by molar-refractivity contribution is 7.13. The number of nitrogens with one attached hydrogen (secondary N) is 1. The number of hydrazone groups is 1. The molecule has 1 amide bonds. The van der Waals surface area contributed by atoms with Crippen LogP contribution in [-0.2, 0) is 0 Å². The van der Waals surface area contributed by atoms with Crippen molar-refractivity contribution in [3.05, 3.63) is 45.4 Å². The maximum atomic E-state index is 12.0. The van der Waals surface area contributed by atoms with Crippen LogP contribution in [0, 0.1) is 13.8 Å². The third kappa shape index (κ3) is 3.88. The third-order valence-corrected chi connectivity index (χ3v) is 3.97. The van der Waals surface area contributed by atoms with E-state index in [0.29, 0.717) is 4.88 Å². The normalized spacial score (nSPS) is 10.9. The average molecular weight is 302 g/mol. The van der Waals surface area contributed by atoms with Crippen molar-refractivity contribution in [3.8, 4) is 0 Å². The second-order valence-corrected chi connectivity index (χ2v) is 6.04. The Bertz CT molecular complexity index is 659. The van der Waals surface area contributed by atoms with Crippen LogP contribution in [0.15, 0.2) is 29.4 Å². The maximum Gasteiger partial charge on any atom is 0.283 e. The van der Waals surface area contributed by atoms with Crippen molar-refractivity contribution in [3.63, 3.8) is 0 Å². The van der Waals surface area contributed by atoms with Crippen molar-refractivity contribution >= 4 is 29.1 Å². The lowest BCUT2D eigenvalue weighted by molar-refractivity contribution is 0.0958. The van der Waals surface area contributed by atoms with Crippen LogP contribution in [0.2, 0.25) is 0 Å². The molecule has 0 aliphatic carbocycles. The number of aromatic nitrogens is 1. The fourth-order valence-corrected chi connectivity index (χ4v) is 2.63. The molecule has 0 aliphatic heterocycles. The van der Waals surface area contributed by atoms with Crippen molar-refractivity contribution in [2.75, 3.05) is 19.0 Å². The molecule has 0 saturated carbocycles. The Morgan fingerprint density at radius 3 is 2.48 bits per heavy atom. The number of benzene rings is 1. The summed E-state index contributed by atoms with van der Waals surface area (Å²) in [5.41, 5.74) is 5.31. The molecule has 0 fully saturated rings. The summed E-state index contributed by atoms with van der Waals surface area (Å²) in [5, 5.41) is 4.86. The van der Waals surface area contributed by atoms with E-state index >= 15 is 0 Å². The lowest BCUT2D eigenvalue weighted by Crippen LogP contribution is -2.17. The molecule has 110 valence electrons. The summed E-state index contributed by atoms with van der Waals surface area (Å²) < 4.78 is 0. The van der Waals surface area contributed by atoms with Crippen molar-refractivity contribution in [2.45, 2.75) is 13.8 Å². The van der Waals surface area contributed by atoms with Crippen LogP contribution in [0.5, 0.6) is 0 Å². The summed E-state index contributed by atoms with van der Waals surface area (Å²) in [7, 11) is 3.98. The number of hydrogen-bond acceptors (Lipinski definition) is 5. The molecule has 5 nitrogen and oxygen atoms in total. The first-order chi connectivity index (χ1) is 9.97.